The molecule has 1 N–H and O–H groups in total. The molecule has 2 bridgehead atoms. The third-order valence-electron chi connectivity index (χ3n) is 5.93. The molecule has 0 spiro atoms. The number of halogens is 1. The van der Waals surface area contributed by atoms with Crippen molar-refractivity contribution in [2.45, 2.75) is 57.2 Å². The van der Waals surface area contributed by atoms with Gasteiger partial charge in [-0.3, -0.25) is 9.59 Å². The van der Waals surface area contributed by atoms with Crippen molar-refractivity contribution in [1.29, 1.82) is 0 Å². The van der Waals surface area contributed by atoms with Crippen LogP contribution in [0.5, 0.6) is 0 Å². The summed E-state index contributed by atoms with van der Waals surface area (Å²) in [5.74, 6) is -0.951. The Morgan fingerprint density at radius 2 is 2.11 bits per heavy atom. The molecule has 2 amide bonds. The summed E-state index contributed by atoms with van der Waals surface area (Å²) in [5, 5.41) is 3.09. The Balaban J connectivity index is 1.46. The second-order valence-electron chi connectivity index (χ2n) is 7.61. The molecule has 142 valence electrons. The second kappa shape index (κ2) is 6.83. The summed E-state index contributed by atoms with van der Waals surface area (Å²) in [6.45, 7) is 3.63. The first-order chi connectivity index (χ1) is 13.0. The van der Waals surface area contributed by atoms with Gasteiger partial charge in [-0.15, -0.1) is 0 Å². The minimum atomic E-state index is -0.444. The molecule has 1 aromatic heterocycles. The molecule has 4 atom stereocenters. The Kier molecular flexibility index (Phi) is 4.50. The molecule has 1 aromatic carbocycles. The number of furan rings is 1. The van der Waals surface area contributed by atoms with Crippen molar-refractivity contribution < 1.29 is 18.4 Å². The fourth-order valence-corrected chi connectivity index (χ4v) is 4.41. The van der Waals surface area contributed by atoms with Crippen molar-refractivity contribution in [2.75, 3.05) is 0 Å². The molecule has 0 saturated carbocycles. The summed E-state index contributed by atoms with van der Waals surface area (Å²) in [6, 6.07) is 6.20. The van der Waals surface area contributed by atoms with Gasteiger partial charge in [-0.25, -0.2) is 4.39 Å². The number of rotatable bonds is 4. The van der Waals surface area contributed by atoms with Gasteiger partial charge in [0, 0.05) is 6.04 Å². The predicted molar refractivity (Wildman–Crippen MR) is 97.8 cm³/mol. The Hall–Kier alpha value is -2.63. The first-order valence-electron chi connectivity index (χ1n) is 9.37. The summed E-state index contributed by atoms with van der Waals surface area (Å²) in [4.78, 5) is 27.5. The van der Waals surface area contributed by atoms with Crippen LogP contribution in [-0.4, -0.2) is 34.8 Å². The standard InChI is InChI=1S/C21H23FN2O3/c1-12-10-27-11-17(12)21(26)24-16-6-7-19(24)18(9-16)23-20(25)13(2)14-4-3-5-15(22)8-14/h3-5,8,10-11,13,16,18-19H,6-7,9H2,1-2H3,(H,23,25)/t13?,16-,18+,19+/m0/s1. The van der Waals surface area contributed by atoms with Crippen LogP contribution in [0.15, 0.2) is 41.2 Å². The lowest BCUT2D eigenvalue weighted by atomic mass is 9.94. The number of amides is 2. The van der Waals surface area contributed by atoms with Crippen LogP contribution in [0.3, 0.4) is 0 Å². The number of carbonyl (C=O) groups is 2. The average molecular weight is 370 g/mol. The van der Waals surface area contributed by atoms with Crippen molar-refractivity contribution in [3.63, 3.8) is 0 Å². The van der Waals surface area contributed by atoms with Crippen LogP contribution >= 0.6 is 0 Å². The molecule has 1 unspecified atom stereocenters. The molecule has 2 aliphatic heterocycles. The number of hydrogen-bond acceptors (Lipinski definition) is 3. The van der Waals surface area contributed by atoms with Gasteiger partial charge in [-0.1, -0.05) is 12.1 Å². The van der Waals surface area contributed by atoms with Gasteiger partial charge in [0.1, 0.15) is 12.1 Å². The zero-order valence-electron chi connectivity index (χ0n) is 15.4. The van der Waals surface area contributed by atoms with E-state index in [1.165, 1.54) is 18.4 Å². The topological polar surface area (TPSA) is 62.6 Å². The number of carbonyl (C=O) groups excluding carboxylic acids is 2. The molecule has 4 rings (SSSR count). The van der Waals surface area contributed by atoms with E-state index in [4.69, 9.17) is 4.42 Å². The van der Waals surface area contributed by atoms with Crippen LogP contribution in [0.1, 0.15) is 53.6 Å². The molecule has 0 aliphatic carbocycles. The van der Waals surface area contributed by atoms with E-state index in [0.29, 0.717) is 11.1 Å². The number of nitrogens with zero attached hydrogens (tertiary/aromatic N) is 1. The van der Waals surface area contributed by atoms with Gasteiger partial charge in [0.2, 0.25) is 5.91 Å². The van der Waals surface area contributed by atoms with E-state index < -0.39 is 5.92 Å². The van der Waals surface area contributed by atoms with Gasteiger partial charge in [-0.05, 0) is 56.4 Å². The monoisotopic (exact) mass is 370 g/mol. The highest BCUT2D eigenvalue weighted by molar-refractivity contribution is 5.96. The third kappa shape index (κ3) is 3.13. The third-order valence-corrected chi connectivity index (χ3v) is 5.93. The highest BCUT2D eigenvalue weighted by Gasteiger charge is 2.49. The van der Waals surface area contributed by atoms with E-state index in [-0.39, 0.29) is 35.8 Å². The summed E-state index contributed by atoms with van der Waals surface area (Å²) >= 11 is 0. The zero-order chi connectivity index (χ0) is 19.1. The summed E-state index contributed by atoms with van der Waals surface area (Å²) < 4.78 is 18.6. The predicted octanol–water partition coefficient (Wildman–Crippen LogP) is 3.39. The lowest BCUT2D eigenvalue weighted by Crippen LogP contribution is -2.46. The zero-order valence-corrected chi connectivity index (χ0v) is 15.4. The molecule has 2 saturated heterocycles. The smallest absolute Gasteiger partial charge is 0.257 e. The SMILES string of the molecule is Cc1cocc1C(=O)N1[C@H]2CC[C@@H]1[C@H](NC(=O)C(C)c1cccc(F)c1)C2. The summed E-state index contributed by atoms with van der Waals surface area (Å²) in [5.41, 5.74) is 2.07. The maximum atomic E-state index is 13.4. The average Bonchev–Trinajstić information content (AvgIpc) is 3.34. The lowest BCUT2D eigenvalue weighted by Gasteiger charge is -2.26. The van der Waals surface area contributed by atoms with Crippen molar-refractivity contribution in [1.82, 2.24) is 10.2 Å². The van der Waals surface area contributed by atoms with Crippen LogP contribution in [0.4, 0.5) is 4.39 Å². The normalized spacial score (nSPS) is 24.9. The molecule has 0 radical (unpaired) electrons. The van der Waals surface area contributed by atoms with Gasteiger partial charge >= 0.3 is 0 Å². The van der Waals surface area contributed by atoms with E-state index in [2.05, 4.69) is 5.32 Å². The highest BCUT2D eigenvalue weighted by Crippen LogP contribution is 2.39. The first kappa shape index (κ1) is 17.8. The van der Waals surface area contributed by atoms with Crippen molar-refractivity contribution in [2.24, 2.45) is 0 Å². The molecule has 6 heteroatoms. The maximum absolute atomic E-state index is 13.4. The van der Waals surface area contributed by atoms with Crippen LogP contribution in [-0.2, 0) is 4.79 Å². The van der Waals surface area contributed by atoms with Crippen molar-refractivity contribution in [3.05, 3.63) is 59.3 Å². The Labute approximate surface area is 157 Å². The molecule has 2 aromatic rings. The van der Waals surface area contributed by atoms with Gasteiger partial charge in [0.25, 0.3) is 5.91 Å². The molecule has 3 heterocycles. The summed E-state index contributed by atoms with van der Waals surface area (Å²) in [7, 11) is 0. The molecular weight excluding hydrogens is 347 g/mol. The quantitative estimate of drug-likeness (QED) is 0.897. The van der Waals surface area contributed by atoms with E-state index in [9.17, 15) is 14.0 Å². The van der Waals surface area contributed by atoms with Crippen molar-refractivity contribution >= 4 is 11.8 Å². The minimum Gasteiger partial charge on any atom is -0.471 e. The molecule has 27 heavy (non-hydrogen) atoms. The largest absolute Gasteiger partial charge is 0.471 e. The number of aryl methyl sites for hydroxylation is 1. The number of fused-ring (bicyclic) bond motifs is 2. The highest BCUT2D eigenvalue weighted by atomic mass is 19.1. The fourth-order valence-electron chi connectivity index (χ4n) is 4.41. The van der Waals surface area contributed by atoms with Gasteiger partial charge < -0.3 is 14.6 Å². The number of hydrogen-bond donors (Lipinski definition) is 1. The molecular formula is C21H23FN2O3. The number of nitrogens with one attached hydrogen (secondary N) is 1. The first-order valence-corrected chi connectivity index (χ1v) is 9.37. The summed E-state index contributed by atoms with van der Waals surface area (Å²) in [6.07, 6.45) is 5.67. The fraction of sp³-hybridized carbons (Fsp3) is 0.429. The molecule has 2 aliphatic rings. The van der Waals surface area contributed by atoms with Gasteiger partial charge in [0.05, 0.1) is 29.8 Å². The Morgan fingerprint density at radius 3 is 2.81 bits per heavy atom. The Morgan fingerprint density at radius 1 is 1.30 bits per heavy atom. The lowest BCUT2D eigenvalue weighted by molar-refractivity contribution is -0.123. The van der Waals surface area contributed by atoms with Gasteiger partial charge in [0.15, 0.2) is 0 Å². The van der Waals surface area contributed by atoms with E-state index in [0.717, 1.165) is 24.8 Å². The maximum Gasteiger partial charge on any atom is 0.257 e. The van der Waals surface area contributed by atoms with Crippen LogP contribution < -0.4 is 5.32 Å². The second-order valence-corrected chi connectivity index (χ2v) is 7.61. The van der Waals surface area contributed by atoms with E-state index in [1.807, 2.05) is 11.8 Å². The van der Waals surface area contributed by atoms with Crippen LogP contribution in [0.2, 0.25) is 0 Å². The van der Waals surface area contributed by atoms with Crippen LogP contribution in [0, 0.1) is 12.7 Å². The molecule has 2 fully saturated rings. The minimum absolute atomic E-state index is 0.000425. The van der Waals surface area contributed by atoms with Crippen LogP contribution in [0.25, 0.3) is 0 Å². The number of benzene rings is 1. The molecule has 5 nitrogen and oxygen atoms in total. The Bertz CT molecular complexity index is 878. The van der Waals surface area contributed by atoms with Crippen molar-refractivity contribution in [3.8, 4) is 0 Å². The van der Waals surface area contributed by atoms with Gasteiger partial charge in [-0.2, -0.15) is 0 Å². The van der Waals surface area contributed by atoms with E-state index in [1.54, 1.807) is 25.3 Å². The van der Waals surface area contributed by atoms with E-state index >= 15 is 0 Å².